The summed E-state index contributed by atoms with van der Waals surface area (Å²) < 4.78 is 9.59. The molecule has 2 heterocycles. The Morgan fingerprint density at radius 3 is 2.78 bits per heavy atom. The number of carbonyl (C=O) groups excluding carboxylic acids is 2. The van der Waals surface area contributed by atoms with E-state index in [-0.39, 0.29) is 24.4 Å². The van der Waals surface area contributed by atoms with Gasteiger partial charge in [0.25, 0.3) is 0 Å². The van der Waals surface area contributed by atoms with Gasteiger partial charge in [-0.2, -0.15) is 0 Å². The topological polar surface area (TPSA) is 72.4 Å². The highest BCUT2D eigenvalue weighted by Crippen LogP contribution is 2.36. The van der Waals surface area contributed by atoms with Crippen LogP contribution in [0.2, 0.25) is 4.34 Å². The van der Waals surface area contributed by atoms with Crippen molar-refractivity contribution in [1.82, 2.24) is 9.59 Å². The summed E-state index contributed by atoms with van der Waals surface area (Å²) in [6.07, 6.45) is 4.14. The lowest BCUT2D eigenvalue weighted by atomic mass is 9.78. The monoisotopic (exact) mass is 405 g/mol. The number of hydrogen-bond acceptors (Lipinski definition) is 6. The second kappa shape index (κ2) is 7.94. The third-order valence-corrected chi connectivity index (χ3v) is 6.38. The van der Waals surface area contributed by atoms with Crippen LogP contribution in [0.3, 0.4) is 0 Å². The predicted molar refractivity (Wildman–Crippen MR) is 103 cm³/mol. The summed E-state index contributed by atoms with van der Waals surface area (Å²) >= 11 is 7.02. The minimum atomic E-state index is -0.413. The molecule has 2 atom stereocenters. The van der Waals surface area contributed by atoms with Crippen molar-refractivity contribution in [3.8, 4) is 0 Å². The van der Waals surface area contributed by atoms with E-state index in [1.807, 2.05) is 23.1 Å². The number of rotatable bonds is 4. The SMILES string of the molecule is O=C(OCc1nnsc1Cl)C1CCCCC1C(=O)N1CCc2ccccc21. The van der Waals surface area contributed by atoms with Crippen LogP contribution in [-0.2, 0) is 27.4 Å². The van der Waals surface area contributed by atoms with E-state index in [0.29, 0.717) is 23.0 Å². The molecule has 1 aliphatic heterocycles. The van der Waals surface area contributed by atoms with Crippen LogP contribution < -0.4 is 4.90 Å². The van der Waals surface area contributed by atoms with Gasteiger partial charge in [0.1, 0.15) is 16.6 Å². The van der Waals surface area contributed by atoms with Crippen LogP contribution in [0.15, 0.2) is 24.3 Å². The van der Waals surface area contributed by atoms with Gasteiger partial charge in [0.15, 0.2) is 0 Å². The first-order chi connectivity index (χ1) is 13.1. The lowest BCUT2D eigenvalue weighted by Crippen LogP contribution is -2.42. The second-order valence-corrected chi connectivity index (χ2v) is 8.32. The van der Waals surface area contributed by atoms with Crippen molar-refractivity contribution >= 4 is 40.7 Å². The van der Waals surface area contributed by atoms with Gasteiger partial charge in [-0.3, -0.25) is 9.59 Å². The molecule has 1 fully saturated rings. The first-order valence-electron chi connectivity index (χ1n) is 9.18. The first-order valence-corrected chi connectivity index (χ1v) is 10.3. The summed E-state index contributed by atoms with van der Waals surface area (Å²) in [6.45, 7) is 0.675. The lowest BCUT2D eigenvalue weighted by molar-refractivity contribution is -0.155. The third-order valence-electron chi connectivity index (χ3n) is 5.40. The summed E-state index contributed by atoms with van der Waals surface area (Å²) in [4.78, 5) is 27.8. The van der Waals surface area contributed by atoms with Gasteiger partial charge < -0.3 is 9.64 Å². The van der Waals surface area contributed by atoms with E-state index in [1.54, 1.807) is 0 Å². The zero-order valence-corrected chi connectivity index (χ0v) is 16.3. The van der Waals surface area contributed by atoms with Gasteiger partial charge in [0.2, 0.25) is 5.91 Å². The maximum Gasteiger partial charge on any atom is 0.310 e. The largest absolute Gasteiger partial charge is 0.459 e. The number of esters is 1. The Labute approximate surface area is 166 Å². The molecule has 0 N–H and O–H groups in total. The summed E-state index contributed by atoms with van der Waals surface area (Å²) in [5.41, 5.74) is 2.62. The number of halogens is 1. The molecule has 142 valence electrons. The normalized spacial score (nSPS) is 21.7. The highest BCUT2D eigenvalue weighted by molar-refractivity contribution is 7.10. The van der Waals surface area contributed by atoms with E-state index < -0.39 is 5.92 Å². The Morgan fingerprint density at radius 1 is 1.22 bits per heavy atom. The van der Waals surface area contributed by atoms with Gasteiger partial charge in [0, 0.05) is 23.8 Å². The number of hydrogen-bond donors (Lipinski definition) is 0. The minimum absolute atomic E-state index is 0.00186. The van der Waals surface area contributed by atoms with Crippen LogP contribution >= 0.6 is 23.1 Å². The molecule has 6 nitrogen and oxygen atoms in total. The first kappa shape index (κ1) is 18.4. The number of carbonyl (C=O) groups is 2. The highest BCUT2D eigenvalue weighted by Gasteiger charge is 2.40. The fraction of sp³-hybridized carbons (Fsp3) is 0.474. The van der Waals surface area contributed by atoms with Crippen molar-refractivity contribution in [3.63, 3.8) is 0 Å². The van der Waals surface area contributed by atoms with E-state index in [9.17, 15) is 9.59 Å². The Hall–Kier alpha value is -1.99. The smallest absolute Gasteiger partial charge is 0.310 e. The van der Waals surface area contributed by atoms with Gasteiger partial charge in [-0.15, -0.1) is 5.10 Å². The molecule has 2 unspecified atom stereocenters. The Balaban J connectivity index is 1.46. The maximum absolute atomic E-state index is 13.2. The number of amides is 1. The minimum Gasteiger partial charge on any atom is -0.459 e. The van der Waals surface area contributed by atoms with Gasteiger partial charge in [0.05, 0.1) is 11.8 Å². The molecule has 1 saturated carbocycles. The van der Waals surface area contributed by atoms with E-state index in [0.717, 1.165) is 42.9 Å². The molecule has 0 spiro atoms. The zero-order chi connectivity index (χ0) is 18.8. The number of anilines is 1. The molecule has 27 heavy (non-hydrogen) atoms. The average molecular weight is 406 g/mol. The number of fused-ring (bicyclic) bond motifs is 1. The molecule has 4 rings (SSSR count). The lowest BCUT2D eigenvalue weighted by Gasteiger charge is -2.32. The van der Waals surface area contributed by atoms with Crippen molar-refractivity contribution in [1.29, 1.82) is 0 Å². The van der Waals surface area contributed by atoms with E-state index >= 15 is 0 Å². The summed E-state index contributed by atoms with van der Waals surface area (Å²) in [5.74, 6) is -1.05. The van der Waals surface area contributed by atoms with Crippen molar-refractivity contribution < 1.29 is 14.3 Å². The highest BCUT2D eigenvalue weighted by atomic mass is 35.5. The van der Waals surface area contributed by atoms with Crippen molar-refractivity contribution in [2.24, 2.45) is 11.8 Å². The molecule has 1 aromatic heterocycles. The molecule has 1 aromatic carbocycles. The second-order valence-electron chi connectivity index (χ2n) is 6.97. The Morgan fingerprint density at radius 2 is 2.00 bits per heavy atom. The fourth-order valence-corrected chi connectivity index (χ4v) is 4.61. The van der Waals surface area contributed by atoms with Crippen molar-refractivity contribution in [2.75, 3.05) is 11.4 Å². The van der Waals surface area contributed by atoms with Crippen LogP contribution in [0.1, 0.15) is 36.9 Å². The quantitative estimate of drug-likeness (QED) is 0.726. The zero-order valence-electron chi connectivity index (χ0n) is 14.8. The third kappa shape index (κ3) is 3.71. The Kier molecular flexibility index (Phi) is 5.41. The summed E-state index contributed by atoms with van der Waals surface area (Å²) in [7, 11) is 0. The van der Waals surface area contributed by atoms with E-state index in [2.05, 4.69) is 15.7 Å². The molecule has 1 amide bonds. The molecule has 2 aliphatic rings. The van der Waals surface area contributed by atoms with Crippen LogP contribution in [0.25, 0.3) is 0 Å². The molecule has 0 bridgehead atoms. The molecule has 0 radical (unpaired) electrons. The Bertz CT molecular complexity index is 856. The van der Waals surface area contributed by atoms with E-state index in [1.165, 1.54) is 5.56 Å². The predicted octanol–water partition coefficient (Wildman–Crippen LogP) is 3.63. The van der Waals surface area contributed by atoms with Gasteiger partial charge in [-0.25, -0.2) is 0 Å². The van der Waals surface area contributed by atoms with Gasteiger partial charge >= 0.3 is 5.97 Å². The van der Waals surface area contributed by atoms with Crippen molar-refractivity contribution in [3.05, 3.63) is 39.9 Å². The number of benzene rings is 1. The number of aromatic nitrogens is 2. The van der Waals surface area contributed by atoms with Crippen LogP contribution in [0.4, 0.5) is 5.69 Å². The van der Waals surface area contributed by atoms with E-state index in [4.69, 9.17) is 16.3 Å². The maximum atomic E-state index is 13.2. The molecular weight excluding hydrogens is 386 g/mol. The summed E-state index contributed by atoms with van der Waals surface area (Å²) in [6, 6.07) is 7.98. The number of ether oxygens (including phenoxy) is 1. The average Bonchev–Trinajstić information content (AvgIpc) is 3.31. The molecule has 0 saturated heterocycles. The summed E-state index contributed by atoms with van der Waals surface area (Å²) in [5, 5.41) is 3.86. The standard InChI is InChI=1S/C19H20ClN3O3S/c20-17-15(21-22-27-17)11-26-19(25)14-7-3-2-6-13(14)18(24)23-10-9-12-5-1-4-8-16(12)23/h1,4-5,8,13-14H,2-3,6-7,9-11H2. The van der Waals surface area contributed by atoms with Crippen LogP contribution in [-0.4, -0.2) is 28.0 Å². The van der Waals surface area contributed by atoms with Gasteiger partial charge in [-0.1, -0.05) is 47.1 Å². The molecular formula is C19H20ClN3O3S. The number of para-hydroxylation sites is 1. The fourth-order valence-electron chi connectivity index (χ4n) is 4.01. The van der Waals surface area contributed by atoms with Crippen LogP contribution in [0, 0.1) is 11.8 Å². The van der Waals surface area contributed by atoms with Crippen molar-refractivity contribution in [2.45, 2.75) is 38.7 Å². The molecule has 8 heteroatoms. The van der Waals surface area contributed by atoms with Gasteiger partial charge in [-0.05, 0) is 30.9 Å². The molecule has 1 aliphatic carbocycles. The number of nitrogens with zero attached hydrogens (tertiary/aromatic N) is 3. The molecule has 2 aromatic rings. The van der Waals surface area contributed by atoms with Crippen LogP contribution in [0.5, 0.6) is 0 Å².